The second kappa shape index (κ2) is 4.57. The summed E-state index contributed by atoms with van der Waals surface area (Å²) in [4.78, 5) is 2.16. The van der Waals surface area contributed by atoms with Gasteiger partial charge < -0.3 is 15.8 Å². The van der Waals surface area contributed by atoms with Gasteiger partial charge in [0.15, 0.2) is 11.7 Å². The molecule has 0 aromatic carbocycles. The van der Waals surface area contributed by atoms with E-state index in [1.54, 1.807) is 12.3 Å². The summed E-state index contributed by atoms with van der Waals surface area (Å²) in [7, 11) is 0. The first kappa shape index (κ1) is 11.6. The minimum Gasteiger partial charge on any atom is -0.409 e. The highest BCUT2D eigenvalue weighted by Gasteiger charge is 2.29. The highest BCUT2D eigenvalue weighted by atomic mass is 16.4. The van der Waals surface area contributed by atoms with E-state index >= 15 is 0 Å². The van der Waals surface area contributed by atoms with Crippen LogP contribution in [0, 0.1) is 5.92 Å². The van der Waals surface area contributed by atoms with Crippen LogP contribution >= 0.6 is 0 Å². The monoisotopic (exact) mass is 235 g/mol. The number of hydrogen-bond donors (Lipinski definition) is 2. The predicted molar refractivity (Wildman–Crippen MR) is 65.1 cm³/mol. The van der Waals surface area contributed by atoms with Crippen molar-refractivity contribution in [3.8, 4) is 0 Å². The van der Waals surface area contributed by atoms with Gasteiger partial charge >= 0.3 is 0 Å². The fourth-order valence-corrected chi connectivity index (χ4v) is 2.39. The van der Waals surface area contributed by atoms with Crippen molar-refractivity contribution < 1.29 is 5.21 Å². The predicted octanol–water partition coefficient (Wildman–Crippen LogP) is 0.806. The molecule has 0 spiro atoms. The molecule has 2 unspecified atom stereocenters. The molecule has 0 saturated carbocycles. The zero-order valence-corrected chi connectivity index (χ0v) is 10.0. The minimum atomic E-state index is 0.0710. The standard InChI is InChI=1S/C11H17N5O/c1-7-5-8(2)16(6-7)11-9(10(12)15-17)3-4-13-14-11/h3-4,7-8,17H,5-6H2,1-2H3,(H2,12,15). The average molecular weight is 235 g/mol. The number of nitrogens with zero attached hydrogens (tertiary/aromatic N) is 4. The number of amidine groups is 1. The Morgan fingerprint density at radius 1 is 1.59 bits per heavy atom. The van der Waals surface area contributed by atoms with E-state index in [1.165, 1.54) is 0 Å². The zero-order chi connectivity index (χ0) is 12.4. The van der Waals surface area contributed by atoms with Crippen LogP contribution in [0.4, 0.5) is 5.82 Å². The molecule has 0 bridgehead atoms. The average Bonchev–Trinajstić information content (AvgIpc) is 2.67. The molecule has 2 heterocycles. The van der Waals surface area contributed by atoms with Crippen LogP contribution in [0.2, 0.25) is 0 Å². The maximum atomic E-state index is 8.77. The number of hydrogen-bond acceptors (Lipinski definition) is 5. The van der Waals surface area contributed by atoms with E-state index in [4.69, 9.17) is 10.9 Å². The molecule has 17 heavy (non-hydrogen) atoms. The first-order valence-electron chi connectivity index (χ1n) is 5.69. The van der Waals surface area contributed by atoms with Crippen LogP contribution in [-0.4, -0.2) is 33.8 Å². The molecular weight excluding hydrogens is 218 g/mol. The summed E-state index contributed by atoms with van der Waals surface area (Å²) in [5.41, 5.74) is 6.28. The zero-order valence-electron chi connectivity index (χ0n) is 10.0. The van der Waals surface area contributed by atoms with Gasteiger partial charge in [0.1, 0.15) is 0 Å². The number of nitrogens with two attached hydrogens (primary N) is 1. The maximum absolute atomic E-state index is 8.77. The van der Waals surface area contributed by atoms with Crippen LogP contribution in [0.3, 0.4) is 0 Å². The molecule has 1 aromatic rings. The first-order valence-corrected chi connectivity index (χ1v) is 5.69. The van der Waals surface area contributed by atoms with Crippen molar-refractivity contribution in [2.75, 3.05) is 11.4 Å². The van der Waals surface area contributed by atoms with Crippen molar-refractivity contribution in [2.24, 2.45) is 16.8 Å². The Bertz CT molecular complexity index is 434. The number of anilines is 1. The molecule has 1 aromatic heterocycles. The second-order valence-electron chi connectivity index (χ2n) is 4.60. The molecule has 2 rings (SSSR count). The summed E-state index contributed by atoms with van der Waals surface area (Å²) in [5, 5.41) is 19.8. The molecule has 1 aliphatic rings. The lowest BCUT2D eigenvalue weighted by Gasteiger charge is -2.23. The van der Waals surface area contributed by atoms with Crippen LogP contribution in [0.5, 0.6) is 0 Å². The summed E-state index contributed by atoms with van der Waals surface area (Å²) in [5.74, 6) is 1.38. The van der Waals surface area contributed by atoms with Gasteiger partial charge in [-0.2, -0.15) is 5.10 Å². The Balaban J connectivity index is 2.39. The third-order valence-electron chi connectivity index (χ3n) is 3.14. The summed E-state index contributed by atoms with van der Waals surface area (Å²) in [6.45, 7) is 5.27. The van der Waals surface area contributed by atoms with Crippen LogP contribution in [0.15, 0.2) is 17.4 Å². The topological polar surface area (TPSA) is 87.6 Å². The molecule has 92 valence electrons. The van der Waals surface area contributed by atoms with Crippen LogP contribution in [0.25, 0.3) is 0 Å². The molecule has 0 radical (unpaired) electrons. The molecule has 0 amide bonds. The lowest BCUT2D eigenvalue weighted by molar-refractivity contribution is 0.318. The van der Waals surface area contributed by atoms with E-state index in [0.29, 0.717) is 23.3 Å². The van der Waals surface area contributed by atoms with Gasteiger partial charge in [-0.25, -0.2) is 0 Å². The van der Waals surface area contributed by atoms with E-state index in [1.807, 2.05) is 0 Å². The van der Waals surface area contributed by atoms with E-state index in [-0.39, 0.29) is 5.84 Å². The lowest BCUT2D eigenvalue weighted by Crippen LogP contribution is -2.31. The second-order valence-corrected chi connectivity index (χ2v) is 4.60. The largest absolute Gasteiger partial charge is 0.409 e. The lowest BCUT2D eigenvalue weighted by atomic mass is 10.1. The fraction of sp³-hybridized carbons (Fsp3) is 0.545. The molecule has 6 nitrogen and oxygen atoms in total. The van der Waals surface area contributed by atoms with Gasteiger partial charge in [0, 0.05) is 12.6 Å². The molecule has 3 N–H and O–H groups in total. The van der Waals surface area contributed by atoms with Gasteiger partial charge in [-0.1, -0.05) is 12.1 Å². The van der Waals surface area contributed by atoms with E-state index in [2.05, 4.69) is 34.1 Å². The van der Waals surface area contributed by atoms with Gasteiger partial charge in [-0.05, 0) is 25.3 Å². The Kier molecular flexibility index (Phi) is 3.12. The van der Waals surface area contributed by atoms with Crippen molar-refractivity contribution in [3.05, 3.63) is 17.8 Å². The summed E-state index contributed by atoms with van der Waals surface area (Å²) >= 11 is 0. The molecule has 0 aliphatic carbocycles. The molecular formula is C11H17N5O. The molecule has 1 aliphatic heterocycles. The Labute approximate surface area is 100 Å². The van der Waals surface area contributed by atoms with Gasteiger partial charge in [-0.15, -0.1) is 5.10 Å². The highest BCUT2D eigenvalue weighted by molar-refractivity contribution is 6.01. The van der Waals surface area contributed by atoms with E-state index in [9.17, 15) is 0 Å². The Hall–Kier alpha value is -1.85. The van der Waals surface area contributed by atoms with Crippen LogP contribution < -0.4 is 10.6 Å². The van der Waals surface area contributed by atoms with E-state index < -0.39 is 0 Å². The third kappa shape index (κ3) is 2.15. The van der Waals surface area contributed by atoms with Gasteiger partial charge in [0.2, 0.25) is 0 Å². The maximum Gasteiger partial charge on any atom is 0.173 e. The Morgan fingerprint density at radius 2 is 2.35 bits per heavy atom. The Morgan fingerprint density at radius 3 is 2.94 bits per heavy atom. The van der Waals surface area contributed by atoms with Crippen molar-refractivity contribution in [1.29, 1.82) is 0 Å². The van der Waals surface area contributed by atoms with Gasteiger partial charge in [-0.3, -0.25) is 0 Å². The van der Waals surface area contributed by atoms with Crippen LogP contribution in [-0.2, 0) is 0 Å². The number of rotatable bonds is 2. The fourth-order valence-electron chi connectivity index (χ4n) is 2.39. The first-order chi connectivity index (χ1) is 8.13. The smallest absolute Gasteiger partial charge is 0.173 e. The number of oxime groups is 1. The van der Waals surface area contributed by atoms with Crippen molar-refractivity contribution in [2.45, 2.75) is 26.3 Å². The van der Waals surface area contributed by atoms with Gasteiger partial charge in [0.05, 0.1) is 11.8 Å². The van der Waals surface area contributed by atoms with Crippen molar-refractivity contribution in [1.82, 2.24) is 10.2 Å². The summed E-state index contributed by atoms with van der Waals surface area (Å²) in [6, 6.07) is 2.11. The third-order valence-corrected chi connectivity index (χ3v) is 3.14. The van der Waals surface area contributed by atoms with Crippen molar-refractivity contribution in [3.63, 3.8) is 0 Å². The van der Waals surface area contributed by atoms with Crippen molar-refractivity contribution >= 4 is 11.7 Å². The quantitative estimate of drug-likeness (QED) is 0.343. The van der Waals surface area contributed by atoms with Gasteiger partial charge in [0.25, 0.3) is 0 Å². The normalized spacial score (nSPS) is 25.3. The molecule has 1 fully saturated rings. The summed E-state index contributed by atoms with van der Waals surface area (Å²) in [6.07, 6.45) is 2.66. The molecule has 2 atom stereocenters. The van der Waals surface area contributed by atoms with E-state index in [0.717, 1.165) is 13.0 Å². The highest BCUT2D eigenvalue weighted by Crippen LogP contribution is 2.28. The minimum absolute atomic E-state index is 0.0710. The summed E-state index contributed by atoms with van der Waals surface area (Å²) < 4.78 is 0. The molecule has 6 heteroatoms. The number of aromatic nitrogens is 2. The van der Waals surface area contributed by atoms with Crippen LogP contribution in [0.1, 0.15) is 25.8 Å². The SMILES string of the molecule is CC1CC(C)N(c2nnccc2/C(N)=N/O)C1. The molecule has 1 saturated heterocycles.